The first kappa shape index (κ1) is 12.8. The number of hydrogen-bond donors (Lipinski definition) is 1. The number of aliphatic hydroxyl groups is 1. The fourth-order valence-corrected chi connectivity index (χ4v) is 1.57. The fraction of sp³-hybridized carbons (Fsp3) is 0.154. The number of rotatable bonds is 4. The minimum atomic E-state index is -0.502. The van der Waals surface area contributed by atoms with Crippen LogP contribution < -0.4 is 4.74 Å². The number of hydrogen-bond acceptors (Lipinski definition) is 3. The third-order valence-corrected chi connectivity index (χ3v) is 2.60. The quantitative estimate of drug-likeness (QED) is 0.926. The van der Waals surface area contributed by atoms with Crippen molar-refractivity contribution in [1.29, 1.82) is 0 Å². The van der Waals surface area contributed by atoms with Gasteiger partial charge in [-0.15, -0.1) is 0 Å². The third-order valence-electron chi connectivity index (χ3n) is 2.35. The number of ether oxygens (including phenoxy) is 1. The highest BCUT2D eigenvalue weighted by molar-refractivity contribution is 6.30. The summed E-state index contributed by atoms with van der Waals surface area (Å²) in [5.41, 5.74) is 1.23. The lowest BCUT2D eigenvalue weighted by atomic mass is 10.2. The third kappa shape index (κ3) is 3.18. The van der Waals surface area contributed by atoms with Crippen LogP contribution in [0.5, 0.6) is 5.88 Å². The van der Waals surface area contributed by atoms with Crippen molar-refractivity contribution in [1.82, 2.24) is 4.98 Å². The Morgan fingerprint density at radius 1 is 1.28 bits per heavy atom. The van der Waals surface area contributed by atoms with Crippen LogP contribution in [0.1, 0.15) is 11.1 Å². The van der Waals surface area contributed by atoms with Crippen LogP contribution in [0.4, 0.5) is 4.39 Å². The van der Waals surface area contributed by atoms with E-state index in [9.17, 15) is 4.39 Å². The Bertz CT molecular complexity index is 531. The number of aromatic nitrogens is 1. The Kier molecular flexibility index (Phi) is 4.12. The normalized spacial score (nSPS) is 10.4. The van der Waals surface area contributed by atoms with Crippen LogP contribution >= 0.6 is 11.6 Å². The number of nitrogens with zero attached hydrogens (tertiary/aromatic N) is 1. The zero-order valence-electron chi connectivity index (χ0n) is 9.44. The molecular formula is C13H11ClFNO2. The molecule has 0 unspecified atom stereocenters. The van der Waals surface area contributed by atoms with Gasteiger partial charge in [-0.2, -0.15) is 0 Å². The van der Waals surface area contributed by atoms with Crippen LogP contribution in [0.15, 0.2) is 36.5 Å². The van der Waals surface area contributed by atoms with Crippen LogP contribution in [-0.2, 0) is 13.2 Å². The van der Waals surface area contributed by atoms with Gasteiger partial charge in [0.25, 0.3) is 0 Å². The highest BCUT2D eigenvalue weighted by Crippen LogP contribution is 2.18. The summed E-state index contributed by atoms with van der Waals surface area (Å²) in [5, 5.41) is 9.72. The summed E-state index contributed by atoms with van der Waals surface area (Å²) in [7, 11) is 0. The summed E-state index contributed by atoms with van der Waals surface area (Å²) >= 11 is 5.77. The molecule has 5 heteroatoms. The molecule has 94 valence electrons. The molecule has 0 aliphatic rings. The van der Waals surface area contributed by atoms with Crippen LogP contribution in [0.25, 0.3) is 0 Å². The zero-order valence-corrected chi connectivity index (χ0v) is 10.2. The predicted molar refractivity (Wildman–Crippen MR) is 65.9 cm³/mol. The maximum atomic E-state index is 12.9. The monoisotopic (exact) mass is 267 g/mol. The van der Waals surface area contributed by atoms with E-state index in [-0.39, 0.29) is 19.1 Å². The summed E-state index contributed by atoms with van der Waals surface area (Å²) in [6.45, 7) is -0.0382. The van der Waals surface area contributed by atoms with Crippen molar-refractivity contribution < 1.29 is 14.2 Å². The molecule has 0 fully saturated rings. The summed E-state index contributed by atoms with van der Waals surface area (Å²) in [4.78, 5) is 3.80. The van der Waals surface area contributed by atoms with Crippen LogP contribution in [0.3, 0.4) is 0 Å². The van der Waals surface area contributed by atoms with Crippen molar-refractivity contribution in [2.45, 2.75) is 13.2 Å². The smallest absolute Gasteiger partial charge is 0.219 e. The standard InChI is InChI=1S/C13H11ClFNO2/c14-11-3-1-9(2-4-11)8-18-13-10(7-17)5-12(15)6-16-13/h1-6,17H,7-8H2. The SMILES string of the molecule is OCc1cc(F)cnc1OCc1ccc(Cl)cc1. The molecule has 0 amide bonds. The average Bonchev–Trinajstić information content (AvgIpc) is 2.39. The van der Waals surface area contributed by atoms with Crippen molar-refractivity contribution in [3.8, 4) is 5.88 Å². The molecule has 0 spiro atoms. The number of aliphatic hydroxyl groups excluding tert-OH is 1. The second-order valence-corrected chi connectivity index (χ2v) is 4.13. The van der Waals surface area contributed by atoms with Gasteiger partial charge in [0.1, 0.15) is 12.4 Å². The minimum Gasteiger partial charge on any atom is -0.473 e. The number of halogens is 2. The van der Waals surface area contributed by atoms with Gasteiger partial charge in [-0.25, -0.2) is 9.37 Å². The molecule has 0 saturated carbocycles. The molecule has 0 radical (unpaired) electrons. The molecule has 3 nitrogen and oxygen atoms in total. The molecule has 1 heterocycles. The summed E-state index contributed by atoms with van der Waals surface area (Å²) < 4.78 is 18.3. The molecule has 0 atom stereocenters. The molecule has 18 heavy (non-hydrogen) atoms. The van der Waals surface area contributed by atoms with Crippen molar-refractivity contribution in [2.24, 2.45) is 0 Å². The summed E-state index contributed by atoms with van der Waals surface area (Å²) in [6.07, 6.45) is 1.05. The summed E-state index contributed by atoms with van der Waals surface area (Å²) in [5.74, 6) is -0.272. The van der Waals surface area contributed by atoms with Crippen molar-refractivity contribution in [2.75, 3.05) is 0 Å². The van der Waals surface area contributed by atoms with Gasteiger partial charge < -0.3 is 9.84 Å². The van der Waals surface area contributed by atoms with Crippen molar-refractivity contribution in [3.05, 3.63) is 58.5 Å². The molecule has 0 aliphatic heterocycles. The van der Waals surface area contributed by atoms with E-state index >= 15 is 0 Å². The van der Waals surface area contributed by atoms with Gasteiger partial charge in [-0.1, -0.05) is 23.7 Å². The van der Waals surface area contributed by atoms with E-state index in [4.69, 9.17) is 21.4 Å². The predicted octanol–water partition coefficient (Wildman–Crippen LogP) is 2.95. The summed E-state index contributed by atoms with van der Waals surface area (Å²) in [6, 6.07) is 8.36. The van der Waals surface area contributed by atoms with Gasteiger partial charge in [0.05, 0.1) is 12.8 Å². The van der Waals surface area contributed by atoms with E-state index in [2.05, 4.69) is 4.98 Å². The second kappa shape index (κ2) is 5.80. The van der Waals surface area contributed by atoms with E-state index < -0.39 is 5.82 Å². The topological polar surface area (TPSA) is 42.4 Å². The average molecular weight is 268 g/mol. The lowest BCUT2D eigenvalue weighted by Crippen LogP contribution is -2.01. The second-order valence-electron chi connectivity index (χ2n) is 3.69. The maximum absolute atomic E-state index is 12.9. The molecule has 0 aliphatic carbocycles. The van der Waals surface area contributed by atoms with E-state index in [0.717, 1.165) is 11.8 Å². The first-order chi connectivity index (χ1) is 8.69. The van der Waals surface area contributed by atoms with Gasteiger partial charge in [0, 0.05) is 10.6 Å². The van der Waals surface area contributed by atoms with Gasteiger partial charge in [0.2, 0.25) is 5.88 Å². The van der Waals surface area contributed by atoms with Gasteiger partial charge >= 0.3 is 0 Å². The lowest BCUT2D eigenvalue weighted by Gasteiger charge is -2.08. The minimum absolute atomic E-state index is 0.230. The molecule has 0 saturated heterocycles. The number of pyridine rings is 1. The first-order valence-electron chi connectivity index (χ1n) is 5.31. The molecule has 2 rings (SSSR count). The lowest BCUT2D eigenvalue weighted by molar-refractivity contribution is 0.251. The van der Waals surface area contributed by atoms with E-state index in [0.29, 0.717) is 10.6 Å². The highest BCUT2D eigenvalue weighted by Gasteiger charge is 2.06. The van der Waals surface area contributed by atoms with E-state index in [1.807, 2.05) is 12.1 Å². The van der Waals surface area contributed by atoms with Crippen molar-refractivity contribution in [3.63, 3.8) is 0 Å². The largest absolute Gasteiger partial charge is 0.473 e. The molecule has 2 aromatic rings. The molecule has 1 N–H and O–H groups in total. The van der Waals surface area contributed by atoms with Crippen LogP contribution in [0.2, 0.25) is 5.02 Å². The van der Waals surface area contributed by atoms with Crippen LogP contribution in [-0.4, -0.2) is 10.1 Å². The van der Waals surface area contributed by atoms with E-state index in [1.54, 1.807) is 12.1 Å². The maximum Gasteiger partial charge on any atom is 0.219 e. The molecule has 0 bridgehead atoms. The Balaban J connectivity index is 2.08. The van der Waals surface area contributed by atoms with Crippen molar-refractivity contribution >= 4 is 11.6 Å². The van der Waals surface area contributed by atoms with Gasteiger partial charge in [-0.3, -0.25) is 0 Å². The Morgan fingerprint density at radius 3 is 2.67 bits per heavy atom. The van der Waals surface area contributed by atoms with Gasteiger partial charge in [-0.05, 0) is 23.8 Å². The first-order valence-corrected chi connectivity index (χ1v) is 5.69. The molecule has 1 aromatic heterocycles. The fourth-order valence-electron chi connectivity index (χ4n) is 1.44. The number of benzene rings is 1. The Labute approximate surface area is 109 Å². The molecule has 1 aromatic carbocycles. The Hall–Kier alpha value is -1.65. The van der Waals surface area contributed by atoms with Crippen LogP contribution in [0, 0.1) is 5.82 Å². The van der Waals surface area contributed by atoms with Gasteiger partial charge in [0.15, 0.2) is 0 Å². The molecular weight excluding hydrogens is 257 g/mol. The zero-order chi connectivity index (χ0) is 13.0. The Morgan fingerprint density at radius 2 is 2.00 bits per heavy atom. The van der Waals surface area contributed by atoms with E-state index in [1.165, 1.54) is 6.07 Å². The highest BCUT2D eigenvalue weighted by atomic mass is 35.5.